The third-order valence-corrected chi connectivity index (χ3v) is 3.87. The number of benzene rings is 1. The first kappa shape index (κ1) is 16.7. The number of carbonyl (C=O) groups is 1. The fraction of sp³-hybridized carbons (Fsp3) is 0.211. The SMILES string of the molecule is COc1ccccc1C[C@H](C)NC(=O)c1ccnc(-n2ccnc2)c1. The van der Waals surface area contributed by atoms with Gasteiger partial charge in [-0.3, -0.25) is 9.36 Å². The predicted molar refractivity (Wildman–Crippen MR) is 95.0 cm³/mol. The fourth-order valence-corrected chi connectivity index (χ4v) is 2.66. The molecular formula is C19H20N4O2. The number of hydrogen-bond donors (Lipinski definition) is 1. The van der Waals surface area contributed by atoms with E-state index in [4.69, 9.17) is 4.74 Å². The van der Waals surface area contributed by atoms with Gasteiger partial charge < -0.3 is 10.1 Å². The van der Waals surface area contributed by atoms with E-state index in [1.165, 1.54) is 0 Å². The molecule has 3 aromatic rings. The van der Waals surface area contributed by atoms with Gasteiger partial charge in [-0.05, 0) is 37.1 Å². The van der Waals surface area contributed by atoms with Gasteiger partial charge in [0.1, 0.15) is 17.9 Å². The quantitative estimate of drug-likeness (QED) is 0.751. The minimum absolute atomic E-state index is 0.0336. The molecule has 2 aromatic heterocycles. The maximum absolute atomic E-state index is 12.5. The van der Waals surface area contributed by atoms with Gasteiger partial charge in [-0.15, -0.1) is 0 Å². The van der Waals surface area contributed by atoms with Crippen LogP contribution in [0.25, 0.3) is 5.82 Å². The molecule has 25 heavy (non-hydrogen) atoms. The smallest absolute Gasteiger partial charge is 0.251 e. The normalized spacial score (nSPS) is 11.8. The Morgan fingerprint density at radius 3 is 2.88 bits per heavy atom. The number of carbonyl (C=O) groups excluding carboxylic acids is 1. The lowest BCUT2D eigenvalue weighted by molar-refractivity contribution is 0.0940. The molecule has 0 aliphatic rings. The number of nitrogens with one attached hydrogen (secondary N) is 1. The summed E-state index contributed by atoms with van der Waals surface area (Å²) in [6.45, 7) is 1.97. The largest absolute Gasteiger partial charge is 0.496 e. The van der Waals surface area contributed by atoms with Crippen molar-refractivity contribution in [2.24, 2.45) is 0 Å². The van der Waals surface area contributed by atoms with Crippen LogP contribution in [0.3, 0.4) is 0 Å². The number of methoxy groups -OCH3 is 1. The Kier molecular flexibility index (Phi) is 5.09. The van der Waals surface area contributed by atoms with Gasteiger partial charge in [-0.2, -0.15) is 0 Å². The summed E-state index contributed by atoms with van der Waals surface area (Å²) < 4.78 is 7.12. The lowest BCUT2D eigenvalue weighted by Gasteiger charge is -2.16. The maximum Gasteiger partial charge on any atom is 0.251 e. The van der Waals surface area contributed by atoms with Crippen LogP contribution in [0.15, 0.2) is 61.3 Å². The van der Waals surface area contributed by atoms with E-state index >= 15 is 0 Å². The molecule has 0 aliphatic heterocycles. The highest BCUT2D eigenvalue weighted by atomic mass is 16.5. The van der Waals surface area contributed by atoms with Crippen LogP contribution in [0.5, 0.6) is 5.75 Å². The molecule has 0 radical (unpaired) electrons. The Morgan fingerprint density at radius 1 is 1.28 bits per heavy atom. The van der Waals surface area contributed by atoms with Gasteiger partial charge in [0, 0.05) is 30.2 Å². The van der Waals surface area contributed by atoms with Crippen LogP contribution in [-0.2, 0) is 6.42 Å². The van der Waals surface area contributed by atoms with Crippen molar-refractivity contribution >= 4 is 5.91 Å². The van der Waals surface area contributed by atoms with E-state index in [1.807, 2.05) is 31.2 Å². The number of nitrogens with zero attached hydrogens (tertiary/aromatic N) is 3. The van der Waals surface area contributed by atoms with Crippen LogP contribution < -0.4 is 10.1 Å². The number of rotatable bonds is 6. The second kappa shape index (κ2) is 7.61. The highest BCUT2D eigenvalue weighted by Crippen LogP contribution is 2.19. The van der Waals surface area contributed by atoms with E-state index < -0.39 is 0 Å². The third kappa shape index (κ3) is 4.03. The Morgan fingerprint density at radius 2 is 2.12 bits per heavy atom. The van der Waals surface area contributed by atoms with E-state index in [9.17, 15) is 4.79 Å². The summed E-state index contributed by atoms with van der Waals surface area (Å²) >= 11 is 0. The second-order valence-corrected chi connectivity index (χ2v) is 5.76. The molecule has 3 rings (SSSR count). The summed E-state index contributed by atoms with van der Waals surface area (Å²) in [6.07, 6.45) is 7.41. The van der Waals surface area contributed by atoms with Gasteiger partial charge >= 0.3 is 0 Å². The zero-order chi connectivity index (χ0) is 17.6. The monoisotopic (exact) mass is 336 g/mol. The number of aromatic nitrogens is 3. The molecule has 0 fully saturated rings. The first-order valence-corrected chi connectivity index (χ1v) is 8.04. The molecule has 2 heterocycles. The van der Waals surface area contributed by atoms with Gasteiger partial charge in [0.15, 0.2) is 0 Å². The Balaban J connectivity index is 1.68. The average molecular weight is 336 g/mol. The number of hydrogen-bond acceptors (Lipinski definition) is 4. The molecule has 6 heteroatoms. The summed E-state index contributed by atoms with van der Waals surface area (Å²) in [5.41, 5.74) is 1.62. The van der Waals surface area contributed by atoms with Crippen LogP contribution in [0.1, 0.15) is 22.8 Å². The molecule has 6 nitrogen and oxygen atoms in total. The summed E-state index contributed by atoms with van der Waals surface area (Å²) in [7, 11) is 1.65. The summed E-state index contributed by atoms with van der Waals surface area (Å²) in [6, 6.07) is 11.2. The Hall–Kier alpha value is -3.15. The molecular weight excluding hydrogens is 316 g/mol. The third-order valence-electron chi connectivity index (χ3n) is 3.87. The predicted octanol–water partition coefficient (Wildman–Crippen LogP) is 2.64. The molecule has 0 unspecified atom stereocenters. The van der Waals surface area contributed by atoms with Crippen molar-refractivity contribution in [2.45, 2.75) is 19.4 Å². The minimum atomic E-state index is -0.133. The molecule has 1 amide bonds. The standard InChI is InChI=1S/C19H20N4O2/c1-14(11-15-5-3-4-6-17(15)25-2)22-19(24)16-7-8-21-18(12-16)23-10-9-20-13-23/h3-10,12-14H,11H2,1-2H3,(H,22,24)/t14-/m0/s1. The second-order valence-electron chi connectivity index (χ2n) is 5.76. The minimum Gasteiger partial charge on any atom is -0.496 e. The van der Waals surface area contributed by atoms with Crippen LogP contribution in [-0.4, -0.2) is 33.6 Å². The molecule has 128 valence electrons. The number of pyridine rings is 1. The van der Waals surface area contributed by atoms with Gasteiger partial charge in [0.05, 0.1) is 7.11 Å². The zero-order valence-corrected chi connectivity index (χ0v) is 14.2. The lowest BCUT2D eigenvalue weighted by Crippen LogP contribution is -2.34. The van der Waals surface area contributed by atoms with Crippen LogP contribution in [0.2, 0.25) is 0 Å². The van der Waals surface area contributed by atoms with Crippen LogP contribution >= 0.6 is 0 Å². The Bertz CT molecular complexity index is 846. The van der Waals surface area contributed by atoms with E-state index in [1.54, 1.807) is 48.7 Å². The highest BCUT2D eigenvalue weighted by Gasteiger charge is 2.13. The van der Waals surface area contributed by atoms with Crippen LogP contribution in [0, 0.1) is 0 Å². The molecule has 0 bridgehead atoms. The van der Waals surface area contributed by atoms with Crippen molar-refractivity contribution in [1.82, 2.24) is 19.9 Å². The first-order valence-electron chi connectivity index (χ1n) is 8.04. The molecule has 1 aromatic carbocycles. The number of amides is 1. The number of para-hydroxylation sites is 1. The first-order chi connectivity index (χ1) is 12.2. The van der Waals surface area contributed by atoms with Crippen molar-refractivity contribution in [3.63, 3.8) is 0 Å². The number of imidazole rings is 1. The summed E-state index contributed by atoms with van der Waals surface area (Å²) in [5, 5.41) is 3.02. The highest BCUT2D eigenvalue weighted by molar-refractivity contribution is 5.94. The fourth-order valence-electron chi connectivity index (χ4n) is 2.66. The zero-order valence-electron chi connectivity index (χ0n) is 14.2. The van der Waals surface area contributed by atoms with E-state index in [2.05, 4.69) is 15.3 Å². The maximum atomic E-state index is 12.5. The van der Waals surface area contributed by atoms with Crippen LogP contribution in [0.4, 0.5) is 0 Å². The van der Waals surface area contributed by atoms with Gasteiger partial charge in [0.25, 0.3) is 5.91 Å². The Labute approximate surface area is 146 Å². The molecule has 1 atom stereocenters. The van der Waals surface area contributed by atoms with Gasteiger partial charge in [-0.25, -0.2) is 9.97 Å². The van der Waals surface area contributed by atoms with Crippen molar-refractivity contribution in [3.8, 4) is 11.6 Å². The van der Waals surface area contributed by atoms with E-state index in [0.29, 0.717) is 17.8 Å². The van der Waals surface area contributed by atoms with E-state index in [-0.39, 0.29) is 11.9 Å². The van der Waals surface area contributed by atoms with Crippen molar-refractivity contribution < 1.29 is 9.53 Å². The molecule has 0 aliphatic carbocycles. The average Bonchev–Trinajstić information content (AvgIpc) is 3.17. The lowest BCUT2D eigenvalue weighted by atomic mass is 10.1. The molecule has 1 N–H and O–H groups in total. The van der Waals surface area contributed by atoms with Crippen molar-refractivity contribution in [3.05, 3.63) is 72.4 Å². The van der Waals surface area contributed by atoms with Gasteiger partial charge in [-0.1, -0.05) is 18.2 Å². The molecule has 0 saturated heterocycles. The topological polar surface area (TPSA) is 69.0 Å². The molecule has 0 spiro atoms. The van der Waals surface area contributed by atoms with E-state index in [0.717, 1.165) is 11.3 Å². The number of ether oxygens (including phenoxy) is 1. The summed E-state index contributed by atoms with van der Waals surface area (Å²) in [5.74, 6) is 1.35. The van der Waals surface area contributed by atoms with Gasteiger partial charge in [0.2, 0.25) is 0 Å². The molecule has 0 saturated carbocycles. The van der Waals surface area contributed by atoms with Crippen molar-refractivity contribution in [2.75, 3.05) is 7.11 Å². The van der Waals surface area contributed by atoms with Crippen molar-refractivity contribution in [1.29, 1.82) is 0 Å². The summed E-state index contributed by atoms with van der Waals surface area (Å²) in [4.78, 5) is 20.8.